The lowest BCUT2D eigenvalue weighted by atomic mass is 9.96. The molecule has 0 radical (unpaired) electrons. The van der Waals surface area contributed by atoms with Crippen LogP contribution in [0.5, 0.6) is 0 Å². The molecule has 1 saturated carbocycles. The van der Waals surface area contributed by atoms with E-state index in [0.717, 1.165) is 32.4 Å². The average molecular weight is 293 g/mol. The Bertz CT molecular complexity index is 355. The van der Waals surface area contributed by atoms with Crippen molar-refractivity contribution in [3.8, 4) is 0 Å². The van der Waals surface area contributed by atoms with E-state index >= 15 is 0 Å². The Labute approximate surface area is 114 Å². The van der Waals surface area contributed by atoms with E-state index < -0.39 is 10.2 Å². The maximum Gasteiger partial charge on any atom is 0.279 e. The zero-order valence-electron chi connectivity index (χ0n) is 10.9. The first-order chi connectivity index (χ1) is 8.62. The molecule has 7 heteroatoms. The number of nitrogens with one attached hydrogen (secondary N) is 2. The van der Waals surface area contributed by atoms with Crippen molar-refractivity contribution in [1.82, 2.24) is 14.3 Å². The van der Waals surface area contributed by atoms with Crippen LogP contribution >= 0.6 is 11.8 Å². The number of piperazine rings is 1. The Morgan fingerprint density at radius 2 is 2.00 bits per heavy atom. The van der Waals surface area contributed by atoms with Crippen molar-refractivity contribution in [1.29, 1.82) is 0 Å². The van der Waals surface area contributed by atoms with Gasteiger partial charge in [-0.2, -0.15) is 29.2 Å². The molecule has 1 heterocycles. The van der Waals surface area contributed by atoms with Crippen molar-refractivity contribution in [3.63, 3.8) is 0 Å². The molecule has 2 atom stereocenters. The monoisotopic (exact) mass is 293 g/mol. The van der Waals surface area contributed by atoms with Gasteiger partial charge >= 0.3 is 0 Å². The van der Waals surface area contributed by atoms with Gasteiger partial charge in [-0.25, -0.2) is 0 Å². The predicted molar refractivity (Wildman–Crippen MR) is 76.1 cm³/mol. The highest BCUT2D eigenvalue weighted by Gasteiger charge is 2.29. The molecule has 5 nitrogen and oxygen atoms in total. The lowest BCUT2D eigenvalue weighted by molar-refractivity contribution is 0.342. The van der Waals surface area contributed by atoms with Gasteiger partial charge in [-0.1, -0.05) is 6.42 Å². The van der Waals surface area contributed by atoms with Crippen molar-refractivity contribution in [2.24, 2.45) is 0 Å². The lowest BCUT2D eigenvalue weighted by Gasteiger charge is -2.32. The van der Waals surface area contributed by atoms with E-state index in [9.17, 15) is 8.42 Å². The topological polar surface area (TPSA) is 61.4 Å². The van der Waals surface area contributed by atoms with Crippen molar-refractivity contribution in [3.05, 3.63) is 0 Å². The van der Waals surface area contributed by atoms with Crippen LogP contribution in [0.2, 0.25) is 0 Å². The molecule has 1 saturated heterocycles. The summed E-state index contributed by atoms with van der Waals surface area (Å²) in [6, 6.07) is 0.121. The second-order valence-corrected chi connectivity index (χ2v) is 7.83. The van der Waals surface area contributed by atoms with E-state index in [1.165, 1.54) is 6.42 Å². The van der Waals surface area contributed by atoms with Gasteiger partial charge < -0.3 is 5.32 Å². The molecule has 0 aromatic heterocycles. The van der Waals surface area contributed by atoms with Crippen LogP contribution in [-0.2, 0) is 10.2 Å². The Kier molecular flexibility index (Phi) is 5.32. The number of nitrogens with zero attached hydrogens (tertiary/aromatic N) is 1. The van der Waals surface area contributed by atoms with Gasteiger partial charge in [0.15, 0.2) is 0 Å². The van der Waals surface area contributed by atoms with E-state index in [4.69, 9.17) is 0 Å². The van der Waals surface area contributed by atoms with Gasteiger partial charge in [-0.15, -0.1) is 0 Å². The summed E-state index contributed by atoms with van der Waals surface area (Å²) in [4.78, 5) is 0. The maximum atomic E-state index is 12.2. The third-order valence-corrected chi connectivity index (χ3v) is 6.46. The van der Waals surface area contributed by atoms with Gasteiger partial charge in [-0.3, -0.25) is 0 Å². The van der Waals surface area contributed by atoms with Crippen molar-refractivity contribution >= 4 is 22.0 Å². The molecule has 0 aromatic carbocycles. The Morgan fingerprint density at radius 3 is 2.67 bits per heavy atom. The Morgan fingerprint density at radius 1 is 1.28 bits per heavy atom. The molecule has 2 rings (SSSR count). The molecule has 2 N–H and O–H groups in total. The molecule has 18 heavy (non-hydrogen) atoms. The van der Waals surface area contributed by atoms with Crippen LogP contribution in [-0.4, -0.2) is 56.4 Å². The minimum absolute atomic E-state index is 0.121. The number of hydrogen-bond donors (Lipinski definition) is 2. The predicted octanol–water partition coefficient (Wildman–Crippen LogP) is 0.400. The normalized spacial score (nSPS) is 31.4. The molecule has 0 bridgehead atoms. The van der Waals surface area contributed by atoms with Crippen molar-refractivity contribution < 1.29 is 8.42 Å². The van der Waals surface area contributed by atoms with Crippen molar-refractivity contribution in [2.75, 3.05) is 32.4 Å². The first-order valence-corrected chi connectivity index (χ1v) is 9.35. The number of rotatable bonds is 4. The van der Waals surface area contributed by atoms with Gasteiger partial charge in [0.2, 0.25) is 0 Å². The third kappa shape index (κ3) is 3.84. The van der Waals surface area contributed by atoms with Crippen LogP contribution in [0.25, 0.3) is 0 Å². The quantitative estimate of drug-likeness (QED) is 0.788. The first-order valence-electron chi connectivity index (χ1n) is 6.63. The van der Waals surface area contributed by atoms with Gasteiger partial charge in [0.1, 0.15) is 0 Å². The summed E-state index contributed by atoms with van der Waals surface area (Å²) in [6.45, 7) is 2.65. The smallest absolute Gasteiger partial charge is 0.279 e. The lowest BCUT2D eigenvalue weighted by Crippen LogP contribution is -2.53. The van der Waals surface area contributed by atoms with Crippen molar-refractivity contribution in [2.45, 2.75) is 37.0 Å². The third-order valence-electron chi connectivity index (χ3n) is 3.69. The van der Waals surface area contributed by atoms with Gasteiger partial charge in [-0.05, 0) is 25.5 Å². The molecule has 1 aliphatic heterocycles. The fourth-order valence-electron chi connectivity index (χ4n) is 2.64. The fraction of sp³-hybridized carbons (Fsp3) is 1.00. The summed E-state index contributed by atoms with van der Waals surface area (Å²) in [5.41, 5.74) is 0. The molecule has 106 valence electrons. The minimum atomic E-state index is -3.28. The highest BCUT2D eigenvalue weighted by molar-refractivity contribution is 7.99. The Balaban J connectivity index is 1.90. The highest BCUT2D eigenvalue weighted by atomic mass is 32.2. The van der Waals surface area contributed by atoms with Crippen LogP contribution < -0.4 is 10.0 Å². The molecule has 2 fully saturated rings. The standard InChI is InChI=1S/C11H23N3O2S2/c1-17-11-4-2-3-10(9-11)13-18(15,16)14-7-5-12-6-8-14/h10-13H,2-9H2,1H3. The van der Waals surface area contributed by atoms with Crippen LogP contribution in [0.15, 0.2) is 0 Å². The summed E-state index contributed by atoms with van der Waals surface area (Å²) in [5, 5.41) is 3.78. The van der Waals surface area contributed by atoms with Gasteiger partial charge in [0.25, 0.3) is 10.2 Å². The van der Waals surface area contributed by atoms with Crippen LogP contribution in [0, 0.1) is 0 Å². The summed E-state index contributed by atoms with van der Waals surface area (Å²) in [5.74, 6) is 0. The average Bonchev–Trinajstić information content (AvgIpc) is 2.39. The molecule has 0 amide bonds. The number of hydrogen-bond acceptors (Lipinski definition) is 4. The van der Waals surface area contributed by atoms with E-state index in [2.05, 4.69) is 16.3 Å². The summed E-state index contributed by atoms with van der Waals surface area (Å²) < 4.78 is 28.9. The Hall–Kier alpha value is 0.180. The van der Waals surface area contributed by atoms with E-state index in [-0.39, 0.29) is 6.04 Å². The maximum absolute atomic E-state index is 12.2. The second-order valence-electron chi connectivity index (χ2n) is 4.99. The minimum Gasteiger partial charge on any atom is -0.314 e. The molecular weight excluding hydrogens is 270 g/mol. The van der Waals surface area contributed by atoms with E-state index in [1.807, 2.05) is 11.8 Å². The number of thioether (sulfide) groups is 1. The van der Waals surface area contributed by atoms with Crippen LogP contribution in [0.3, 0.4) is 0 Å². The second kappa shape index (κ2) is 6.56. The summed E-state index contributed by atoms with van der Waals surface area (Å²) in [6.07, 6.45) is 6.39. The fourth-order valence-corrected chi connectivity index (χ4v) is 4.91. The van der Waals surface area contributed by atoms with Crippen LogP contribution in [0.4, 0.5) is 0 Å². The zero-order valence-corrected chi connectivity index (χ0v) is 12.5. The van der Waals surface area contributed by atoms with E-state index in [0.29, 0.717) is 18.3 Å². The molecule has 2 aliphatic rings. The molecule has 1 aliphatic carbocycles. The zero-order chi connectivity index (χ0) is 13.0. The SMILES string of the molecule is CSC1CCCC(NS(=O)(=O)N2CCNCC2)C1. The van der Waals surface area contributed by atoms with E-state index in [1.54, 1.807) is 4.31 Å². The molecule has 0 spiro atoms. The largest absolute Gasteiger partial charge is 0.314 e. The first kappa shape index (κ1) is 14.6. The molecule has 0 aromatic rings. The molecular formula is C11H23N3O2S2. The highest BCUT2D eigenvalue weighted by Crippen LogP contribution is 2.27. The van der Waals surface area contributed by atoms with Crippen LogP contribution in [0.1, 0.15) is 25.7 Å². The summed E-state index contributed by atoms with van der Waals surface area (Å²) >= 11 is 1.85. The van der Waals surface area contributed by atoms with Gasteiger partial charge in [0, 0.05) is 37.5 Å². The van der Waals surface area contributed by atoms with Gasteiger partial charge in [0.05, 0.1) is 0 Å². The summed E-state index contributed by atoms with van der Waals surface area (Å²) in [7, 11) is -3.28. The molecule has 2 unspecified atom stereocenters.